The Hall–Kier alpha value is -1.91. The topological polar surface area (TPSA) is 68.3 Å². The van der Waals surface area contributed by atoms with Crippen molar-refractivity contribution in [1.29, 1.82) is 0 Å². The number of amides is 1. The van der Waals surface area contributed by atoms with E-state index < -0.39 is 5.97 Å². The van der Waals surface area contributed by atoms with Crippen LogP contribution in [-0.4, -0.2) is 29.5 Å². The van der Waals surface area contributed by atoms with Crippen LogP contribution in [0.15, 0.2) is 18.3 Å². The number of aromatic nitrogens is 1. The summed E-state index contributed by atoms with van der Waals surface area (Å²) in [6, 6.07) is 3.19. The van der Waals surface area contributed by atoms with Crippen molar-refractivity contribution in [2.75, 3.05) is 7.11 Å². The van der Waals surface area contributed by atoms with Crippen molar-refractivity contribution >= 4 is 11.9 Å². The average molecular weight is 314 g/mol. The predicted octanol–water partition coefficient (Wildman–Crippen LogP) is 2.57. The SMILES string of the molecule is COC(=O)c1ccc(C(=O)NC23CC4CC(CC(C4)C2)C3)nc1. The third kappa shape index (κ3) is 2.62. The van der Waals surface area contributed by atoms with Crippen LogP contribution in [0.5, 0.6) is 0 Å². The number of ether oxygens (including phenoxy) is 1. The Kier molecular flexibility index (Phi) is 3.39. The second kappa shape index (κ2) is 5.32. The molecular formula is C18H22N2O3. The van der Waals surface area contributed by atoms with Crippen molar-refractivity contribution < 1.29 is 14.3 Å². The van der Waals surface area contributed by atoms with Gasteiger partial charge >= 0.3 is 5.97 Å². The molecule has 0 atom stereocenters. The average Bonchev–Trinajstić information content (AvgIpc) is 2.52. The van der Waals surface area contributed by atoms with E-state index in [9.17, 15) is 9.59 Å². The predicted molar refractivity (Wildman–Crippen MR) is 83.9 cm³/mol. The van der Waals surface area contributed by atoms with E-state index in [1.165, 1.54) is 32.6 Å². The molecule has 0 spiro atoms. The lowest BCUT2D eigenvalue weighted by Crippen LogP contribution is -2.59. The molecule has 1 heterocycles. The normalized spacial score (nSPS) is 34.2. The Morgan fingerprint density at radius 3 is 2.22 bits per heavy atom. The minimum atomic E-state index is -0.439. The molecule has 1 N–H and O–H groups in total. The summed E-state index contributed by atoms with van der Waals surface area (Å²) in [6.45, 7) is 0. The summed E-state index contributed by atoms with van der Waals surface area (Å²) in [4.78, 5) is 28.2. The Balaban J connectivity index is 1.48. The summed E-state index contributed by atoms with van der Waals surface area (Å²) >= 11 is 0. The number of hydrogen-bond donors (Lipinski definition) is 1. The number of carbonyl (C=O) groups excluding carboxylic acids is 2. The van der Waals surface area contributed by atoms with Gasteiger partial charge in [0.1, 0.15) is 5.69 Å². The van der Waals surface area contributed by atoms with Crippen LogP contribution in [0.1, 0.15) is 59.4 Å². The highest BCUT2D eigenvalue weighted by Crippen LogP contribution is 2.55. The fourth-order valence-corrected chi connectivity index (χ4v) is 5.34. The van der Waals surface area contributed by atoms with Gasteiger partial charge in [0.05, 0.1) is 12.7 Å². The fraction of sp³-hybridized carbons (Fsp3) is 0.611. The maximum atomic E-state index is 12.6. The van der Waals surface area contributed by atoms with E-state index in [0.29, 0.717) is 11.3 Å². The van der Waals surface area contributed by atoms with Crippen LogP contribution in [0.25, 0.3) is 0 Å². The monoisotopic (exact) mass is 314 g/mol. The molecule has 1 aromatic rings. The third-order valence-electron chi connectivity index (χ3n) is 5.83. The maximum Gasteiger partial charge on any atom is 0.339 e. The van der Waals surface area contributed by atoms with Gasteiger partial charge in [-0.1, -0.05) is 0 Å². The van der Waals surface area contributed by atoms with Crippen molar-refractivity contribution in [3.8, 4) is 0 Å². The van der Waals surface area contributed by atoms with Crippen LogP contribution in [-0.2, 0) is 4.74 Å². The molecule has 0 aromatic carbocycles. The van der Waals surface area contributed by atoms with Crippen molar-refractivity contribution in [2.45, 2.75) is 44.1 Å². The lowest BCUT2D eigenvalue weighted by atomic mass is 9.53. The molecule has 4 fully saturated rings. The van der Waals surface area contributed by atoms with Crippen LogP contribution >= 0.6 is 0 Å². The van der Waals surface area contributed by atoms with E-state index in [4.69, 9.17) is 0 Å². The second-order valence-electron chi connectivity index (χ2n) is 7.58. The number of rotatable bonds is 3. The van der Waals surface area contributed by atoms with Crippen molar-refractivity contribution in [3.63, 3.8) is 0 Å². The van der Waals surface area contributed by atoms with E-state index in [-0.39, 0.29) is 11.4 Å². The zero-order valence-corrected chi connectivity index (χ0v) is 13.4. The van der Waals surface area contributed by atoms with Gasteiger partial charge in [-0.3, -0.25) is 9.78 Å². The van der Waals surface area contributed by atoms with Crippen LogP contribution < -0.4 is 5.32 Å². The second-order valence-corrected chi connectivity index (χ2v) is 7.58. The van der Waals surface area contributed by atoms with Crippen molar-refractivity contribution in [3.05, 3.63) is 29.6 Å². The number of methoxy groups -OCH3 is 1. The van der Waals surface area contributed by atoms with E-state index in [1.54, 1.807) is 12.1 Å². The molecule has 122 valence electrons. The van der Waals surface area contributed by atoms with E-state index in [1.807, 2.05) is 0 Å². The molecule has 5 rings (SSSR count). The minimum absolute atomic E-state index is 0.0193. The number of carbonyl (C=O) groups is 2. The molecule has 1 amide bonds. The van der Waals surface area contributed by atoms with Gasteiger partial charge in [0, 0.05) is 11.7 Å². The van der Waals surface area contributed by atoms with Gasteiger partial charge in [-0.2, -0.15) is 0 Å². The van der Waals surface area contributed by atoms with Gasteiger partial charge in [0.15, 0.2) is 0 Å². The smallest absolute Gasteiger partial charge is 0.339 e. The standard InChI is InChI=1S/C18H22N2O3/c1-23-17(22)14-2-3-15(19-10-14)16(21)20-18-7-11-4-12(8-18)6-13(5-11)9-18/h2-3,10-13H,4-9H2,1H3,(H,20,21). The van der Waals surface area contributed by atoms with Crippen molar-refractivity contribution in [1.82, 2.24) is 10.3 Å². The van der Waals surface area contributed by atoms with Crippen LogP contribution in [0.2, 0.25) is 0 Å². The summed E-state index contributed by atoms with van der Waals surface area (Å²) in [6.07, 6.45) is 8.80. The van der Waals surface area contributed by atoms with Crippen LogP contribution in [0.4, 0.5) is 0 Å². The van der Waals surface area contributed by atoms with Gasteiger partial charge in [-0.25, -0.2) is 4.79 Å². The largest absolute Gasteiger partial charge is 0.465 e. The maximum absolute atomic E-state index is 12.6. The van der Waals surface area contributed by atoms with Gasteiger partial charge in [-0.15, -0.1) is 0 Å². The fourth-order valence-electron chi connectivity index (χ4n) is 5.34. The zero-order chi connectivity index (χ0) is 16.0. The lowest BCUT2D eigenvalue weighted by molar-refractivity contribution is -0.0167. The first-order chi connectivity index (χ1) is 11.1. The molecule has 4 aliphatic carbocycles. The summed E-state index contributed by atoms with van der Waals surface area (Å²) in [7, 11) is 1.33. The number of pyridine rings is 1. The van der Waals surface area contributed by atoms with E-state index in [2.05, 4.69) is 15.0 Å². The van der Waals surface area contributed by atoms with E-state index >= 15 is 0 Å². The number of nitrogens with one attached hydrogen (secondary N) is 1. The van der Waals surface area contributed by atoms with Gasteiger partial charge in [0.25, 0.3) is 5.91 Å². The van der Waals surface area contributed by atoms with Gasteiger partial charge < -0.3 is 10.1 Å². The quantitative estimate of drug-likeness (QED) is 0.871. The van der Waals surface area contributed by atoms with E-state index in [0.717, 1.165) is 37.0 Å². The lowest BCUT2D eigenvalue weighted by Gasteiger charge is -2.56. The zero-order valence-electron chi connectivity index (χ0n) is 13.4. The molecule has 0 aliphatic heterocycles. The highest BCUT2D eigenvalue weighted by Gasteiger charge is 2.51. The van der Waals surface area contributed by atoms with Gasteiger partial charge in [-0.05, 0) is 68.4 Å². The molecule has 0 unspecified atom stereocenters. The Morgan fingerprint density at radius 2 is 1.74 bits per heavy atom. The summed E-state index contributed by atoms with van der Waals surface area (Å²) in [5.74, 6) is 1.80. The third-order valence-corrected chi connectivity index (χ3v) is 5.83. The Labute approximate surface area is 135 Å². The first-order valence-corrected chi connectivity index (χ1v) is 8.44. The number of hydrogen-bond acceptors (Lipinski definition) is 4. The molecular weight excluding hydrogens is 292 g/mol. The molecule has 5 heteroatoms. The molecule has 4 saturated carbocycles. The Morgan fingerprint density at radius 1 is 1.13 bits per heavy atom. The highest BCUT2D eigenvalue weighted by molar-refractivity contribution is 5.94. The number of nitrogens with zero attached hydrogens (tertiary/aromatic N) is 1. The first kappa shape index (κ1) is 14.7. The summed E-state index contributed by atoms with van der Waals surface area (Å²) in [5.41, 5.74) is 0.710. The van der Waals surface area contributed by atoms with Crippen LogP contribution in [0.3, 0.4) is 0 Å². The molecule has 0 radical (unpaired) electrons. The summed E-state index contributed by atoms with van der Waals surface area (Å²) < 4.78 is 4.65. The summed E-state index contributed by atoms with van der Waals surface area (Å²) in [5, 5.41) is 3.29. The van der Waals surface area contributed by atoms with Crippen LogP contribution in [0, 0.1) is 17.8 Å². The Bertz CT molecular complexity index is 603. The van der Waals surface area contributed by atoms with Gasteiger partial charge in [0.2, 0.25) is 0 Å². The molecule has 4 bridgehead atoms. The molecule has 0 saturated heterocycles. The molecule has 1 aromatic heterocycles. The first-order valence-electron chi connectivity index (χ1n) is 8.44. The minimum Gasteiger partial charge on any atom is -0.465 e. The highest BCUT2D eigenvalue weighted by atomic mass is 16.5. The molecule has 4 aliphatic rings. The molecule has 5 nitrogen and oxygen atoms in total. The number of esters is 1. The van der Waals surface area contributed by atoms with Crippen molar-refractivity contribution in [2.24, 2.45) is 17.8 Å². The molecule has 23 heavy (non-hydrogen) atoms.